The lowest BCUT2D eigenvalue weighted by Crippen LogP contribution is -2.34. The van der Waals surface area contributed by atoms with Crippen LogP contribution in [-0.2, 0) is 32.7 Å². The zero-order chi connectivity index (χ0) is 34.9. The smallest absolute Gasteiger partial charge is 0.472 e. The minimum Gasteiger partial charge on any atom is -0.480 e. The normalized spacial score (nSPS) is 14.3. The van der Waals surface area contributed by atoms with Gasteiger partial charge in [-0.2, -0.15) is 0 Å². The van der Waals surface area contributed by atoms with Gasteiger partial charge in [0.2, 0.25) is 0 Å². The number of esters is 1. The Morgan fingerprint density at radius 3 is 1.66 bits per heavy atom. The molecule has 0 saturated heterocycles. The molecule has 0 aromatic rings. The van der Waals surface area contributed by atoms with E-state index in [2.05, 4.69) is 30.5 Å². The molecule has 0 rings (SSSR count). The Bertz CT molecular complexity index is 811. The van der Waals surface area contributed by atoms with Crippen LogP contribution in [0, 0.1) is 0 Å². The molecule has 0 aliphatic rings. The van der Waals surface area contributed by atoms with E-state index in [4.69, 9.17) is 24.8 Å². The van der Waals surface area contributed by atoms with Crippen molar-refractivity contribution in [3.8, 4) is 0 Å². The molecule has 0 amide bonds. The van der Waals surface area contributed by atoms with Crippen molar-refractivity contribution in [3.05, 3.63) is 12.2 Å². The number of nitrogens with two attached hydrogens (primary N) is 1. The van der Waals surface area contributed by atoms with Crippen LogP contribution in [0.15, 0.2) is 12.2 Å². The number of ether oxygens (including phenoxy) is 2. The fourth-order valence-electron chi connectivity index (χ4n) is 5.07. The molecule has 4 N–H and O–H groups in total. The van der Waals surface area contributed by atoms with E-state index in [1.807, 2.05) is 0 Å². The van der Waals surface area contributed by atoms with E-state index in [1.54, 1.807) is 0 Å². The van der Waals surface area contributed by atoms with Gasteiger partial charge in [0.05, 0.1) is 19.8 Å². The molecule has 0 bridgehead atoms. The van der Waals surface area contributed by atoms with Crippen LogP contribution in [0.5, 0.6) is 0 Å². The summed E-state index contributed by atoms with van der Waals surface area (Å²) in [7, 11) is -4.60. The largest absolute Gasteiger partial charge is 0.480 e. The summed E-state index contributed by atoms with van der Waals surface area (Å²) in [6, 6.07) is -1.47. The Morgan fingerprint density at radius 2 is 1.11 bits per heavy atom. The molecule has 11 heteroatoms. The Kier molecular flexibility index (Phi) is 32.3. The molecule has 3 atom stereocenters. The summed E-state index contributed by atoms with van der Waals surface area (Å²) in [6.45, 7) is 3.84. The number of hydrogen-bond donors (Lipinski definition) is 3. The highest BCUT2D eigenvalue weighted by Crippen LogP contribution is 2.43. The van der Waals surface area contributed by atoms with Crippen molar-refractivity contribution in [1.82, 2.24) is 0 Å². The molecule has 0 saturated carbocycles. The van der Waals surface area contributed by atoms with E-state index in [0.29, 0.717) is 13.0 Å². The van der Waals surface area contributed by atoms with Crippen LogP contribution in [0.25, 0.3) is 0 Å². The minimum atomic E-state index is -4.60. The van der Waals surface area contributed by atoms with Crippen molar-refractivity contribution >= 4 is 19.8 Å². The number of phosphoric acid groups is 1. The van der Waals surface area contributed by atoms with Gasteiger partial charge in [0.25, 0.3) is 0 Å². The number of aliphatic carboxylic acids is 1. The van der Waals surface area contributed by atoms with Crippen molar-refractivity contribution in [2.24, 2.45) is 5.73 Å². The second-order valence-electron chi connectivity index (χ2n) is 12.7. The summed E-state index contributed by atoms with van der Waals surface area (Å²) in [6.07, 6.45) is 31.2. The van der Waals surface area contributed by atoms with E-state index in [1.165, 1.54) is 83.5 Å². The molecular weight excluding hydrogens is 621 g/mol. The van der Waals surface area contributed by atoms with Gasteiger partial charge in [0.1, 0.15) is 12.1 Å². The van der Waals surface area contributed by atoms with E-state index < -0.39 is 45.1 Å². The fraction of sp³-hybridized carbons (Fsp3) is 0.889. The number of phosphoric ester groups is 1. The topological polar surface area (TPSA) is 155 Å². The number of carboxylic acids is 1. The maximum Gasteiger partial charge on any atom is 0.472 e. The van der Waals surface area contributed by atoms with Gasteiger partial charge in [-0.05, 0) is 38.5 Å². The van der Waals surface area contributed by atoms with Crippen molar-refractivity contribution in [3.63, 3.8) is 0 Å². The van der Waals surface area contributed by atoms with Crippen molar-refractivity contribution in [2.75, 3.05) is 26.4 Å². The Labute approximate surface area is 286 Å². The third-order valence-electron chi connectivity index (χ3n) is 8.04. The van der Waals surface area contributed by atoms with Crippen LogP contribution in [0.3, 0.4) is 0 Å². The van der Waals surface area contributed by atoms with Crippen LogP contribution < -0.4 is 5.73 Å². The average Bonchev–Trinajstić information content (AvgIpc) is 3.04. The zero-order valence-corrected chi connectivity index (χ0v) is 30.8. The standard InChI is InChI=1S/C36H70NO9P/c1-3-5-7-9-11-13-15-17-19-21-23-25-27-29-43-30-33(31-44-47(41,42)45-32-34(37)36(39)40)46-35(38)28-26-24-22-20-18-16-14-12-10-8-6-4-2/h12,14,33-34H,3-11,13,15-32,37H2,1-2H3,(H,39,40)(H,41,42)/b14-12-. The average molecular weight is 692 g/mol. The van der Waals surface area contributed by atoms with Crippen LogP contribution in [-0.4, -0.2) is 60.5 Å². The van der Waals surface area contributed by atoms with Crippen molar-refractivity contribution in [2.45, 2.75) is 180 Å². The molecular formula is C36H70NO9P. The second-order valence-corrected chi connectivity index (χ2v) is 14.2. The molecule has 278 valence electrons. The zero-order valence-electron chi connectivity index (χ0n) is 29.9. The molecule has 10 nitrogen and oxygen atoms in total. The number of hydrogen-bond acceptors (Lipinski definition) is 8. The first-order valence-corrected chi connectivity index (χ1v) is 20.2. The number of carbonyl (C=O) groups excluding carboxylic acids is 1. The molecule has 0 aromatic heterocycles. The Morgan fingerprint density at radius 1 is 0.660 bits per heavy atom. The van der Waals surface area contributed by atoms with Gasteiger partial charge in [-0.3, -0.25) is 18.6 Å². The van der Waals surface area contributed by atoms with E-state index in [-0.39, 0.29) is 13.0 Å². The summed E-state index contributed by atoms with van der Waals surface area (Å²) in [5.74, 6) is -1.78. The molecule has 0 heterocycles. The first kappa shape index (κ1) is 45.7. The Balaban J connectivity index is 4.31. The number of rotatable bonds is 36. The Hall–Kier alpha value is -1.29. The highest BCUT2D eigenvalue weighted by molar-refractivity contribution is 7.47. The van der Waals surface area contributed by atoms with Crippen LogP contribution in [0.1, 0.15) is 168 Å². The maximum absolute atomic E-state index is 12.5. The first-order chi connectivity index (χ1) is 22.7. The van der Waals surface area contributed by atoms with Gasteiger partial charge < -0.3 is 25.2 Å². The molecule has 0 fully saturated rings. The van der Waals surface area contributed by atoms with E-state index in [9.17, 15) is 19.0 Å². The predicted octanol–water partition coefficient (Wildman–Crippen LogP) is 9.42. The van der Waals surface area contributed by atoms with Crippen molar-refractivity contribution in [1.29, 1.82) is 0 Å². The number of unbranched alkanes of at least 4 members (excludes halogenated alkanes) is 20. The number of carboxylic acid groups (broad SMARTS) is 1. The summed E-state index contributed by atoms with van der Waals surface area (Å²) in [5.41, 5.74) is 5.33. The maximum atomic E-state index is 12.5. The fourth-order valence-corrected chi connectivity index (χ4v) is 5.85. The minimum absolute atomic E-state index is 0.0185. The van der Waals surface area contributed by atoms with Crippen LogP contribution in [0.4, 0.5) is 0 Å². The third kappa shape index (κ3) is 33.0. The lowest BCUT2D eigenvalue weighted by molar-refractivity contribution is -0.154. The summed E-state index contributed by atoms with van der Waals surface area (Å²) < 4.78 is 33.2. The highest BCUT2D eigenvalue weighted by atomic mass is 31.2. The molecule has 0 spiro atoms. The lowest BCUT2D eigenvalue weighted by atomic mass is 10.0. The van der Waals surface area contributed by atoms with Crippen LogP contribution >= 0.6 is 7.82 Å². The summed E-state index contributed by atoms with van der Waals surface area (Å²) >= 11 is 0. The summed E-state index contributed by atoms with van der Waals surface area (Å²) in [5, 5.41) is 8.85. The van der Waals surface area contributed by atoms with Gasteiger partial charge in [0, 0.05) is 13.0 Å². The van der Waals surface area contributed by atoms with Crippen molar-refractivity contribution < 1.29 is 42.7 Å². The molecule has 0 aliphatic carbocycles. The monoisotopic (exact) mass is 691 g/mol. The third-order valence-corrected chi connectivity index (χ3v) is 9.00. The number of carbonyl (C=O) groups is 2. The highest BCUT2D eigenvalue weighted by Gasteiger charge is 2.27. The second kappa shape index (κ2) is 33.2. The predicted molar refractivity (Wildman–Crippen MR) is 189 cm³/mol. The van der Waals surface area contributed by atoms with Crippen LogP contribution in [0.2, 0.25) is 0 Å². The van der Waals surface area contributed by atoms with E-state index >= 15 is 0 Å². The van der Waals surface area contributed by atoms with Gasteiger partial charge >= 0.3 is 19.8 Å². The summed E-state index contributed by atoms with van der Waals surface area (Å²) in [4.78, 5) is 33.3. The number of allylic oxidation sites excluding steroid dienone is 2. The van der Waals surface area contributed by atoms with Gasteiger partial charge in [-0.25, -0.2) is 4.57 Å². The molecule has 0 aromatic carbocycles. The van der Waals surface area contributed by atoms with Gasteiger partial charge in [-0.15, -0.1) is 0 Å². The van der Waals surface area contributed by atoms with E-state index in [0.717, 1.165) is 57.8 Å². The lowest BCUT2D eigenvalue weighted by Gasteiger charge is -2.20. The molecule has 3 unspecified atom stereocenters. The molecule has 47 heavy (non-hydrogen) atoms. The SMILES string of the molecule is CCCCC/C=C\CCCCCCCC(=O)OC(COCCCCCCCCCCCCCCC)COP(=O)(O)OCC(N)C(=O)O. The van der Waals surface area contributed by atoms with Gasteiger partial charge in [0.15, 0.2) is 0 Å². The van der Waals surface area contributed by atoms with Gasteiger partial charge in [-0.1, -0.05) is 135 Å². The molecule has 0 aliphatic heterocycles. The molecule has 0 radical (unpaired) electrons. The first-order valence-electron chi connectivity index (χ1n) is 18.7. The quantitative estimate of drug-likeness (QED) is 0.0250.